The van der Waals surface area contributed by atoms with Crippen molar-refractivity contribution in [3.63, 3.8) is 0 Å². The minimum atomic E-state index is -0.653. The normalized spacial score (nSPS) is 12.8. The molecule has 1 aromatic heterocycles. The summed E-state index contributed by atoms with van der Waals surface area (Å²) in [6.07, 6.45) is 0.105. The Morgan fingerprint density at radius 3 is 2.14 bits per heavy atom. The summed E-state index contributed by atoms with van der Waals surface area (Å²) in [5, 5.41) is 0.326. The highest BCUT2D eigenvalue weighted by Gasteiger charge is 2.34. The number of amides is 2. The average Bonchev–Trinajstić information content (AvgIpc) is 3.12. The van der Waals surface area contributed by atoms with E-state index in [4.69, 9.17) is 9.15 Å². The molecule has 0 unspecified atom stereocenters. The molecule has 36 heavy (non-hydrogen) atoms. The standard InChI is InChI=1S/C29H23NO6/c1-17-15-22-23(16-18(17)2)35-26(19-9-4-3-5-10-19)27(25(22)32)36-24(31)13-8-14-30-28(33)20-11-6-7-12-21(20)29(30)34/h3-7,9-12,15-16H,8,13-14H2,1-2H3. The second kappa shape index (κ2) is 9.26. The van der Waals surface area contributed by atoms with Crippen LogP contribution in [0.15, 0.2) is 75.9 Å². The summed E-state index contributed by atoms with van der Waals surface area (Å²) >= 11 is 0. The maximum atomic E-state index is 13.4. The molecule has 0 atom stereocenters. The van der Waals surface area contributed by atoms with Gasteiger partial charge in [-0.3, -0.25) is 24.1 Å². The van der Waals surface area contributed by atoms with E-state index in [1.165, 1.54) is 0 Å². The molecule has 0 radical (unpaired) electrons. The predicted molar refractivity (Wildman–Crippen MR) is 134 cm³/mol. The average molecular weight is 482 g/mol. The number of ether oxygens (including phenoxy) is 1. The first-order chi connectivity index (χ1) is 17.3. The zero-order valence-electron chi connectivity index (χ0n) is 19.9. The highest BCUT2D eigenvalue weighted by atomic mass is 16.5. The maximum Gasteiger partial charge on any atom is 0.311 e. The Morgan fingerprint density at radius 1 is 0.861 bits per heavy atom. The third kappa shape index (κ3) is 4.09. The SMILES string of the molecule is Cc1cc2oc(-c3ccccc3)c(OC(=O)CCCN3C(=O)c4ccccc4C3=O)c(=O)c2cc1C. The van der Waals surface area contributed by atoms with Crippen LogP contribution < -0.4 is 10.2 Å². The van der Waals surface area contributed by atoms with Crippen LogP contribution in [0.5, 0.6) is 5.75 Å². The number of rotatable bonds is 6. The first-order valence-corrected chi connectivity index (χ1v) is 11.6. The number of carbonyl (C=O) groups is 3. The van der Waals surface area contributed by atoms with Crippen molar-refractivity contribution < 1.29 is 23.5 Å². The third-order valence-corrected chi connectivity index (χ3v) is 6.36. The van der Waals surface area contributed by atoms with Crippen LogP contribution in [-0.2, 0) is 4.79 Å². The van der Waals surface area contributed by atoms with Gasteiger partial charge in [0.05, 0.1) is 16.5 Å². The number of imide groups is 1. The molecule has 2 heterocycles. The smallest absolute Gasteiger partial charge is 0.311 e. The third-order valence-electron chi connectivity index (χ3n) is 6.36. The number of nitrogens with zero attached hydrogens (tertiary/aromatic N) is 1. The fraction of sp³-hybridized carbons (Fsp3) is 0.172. The molecule has 2 amide bonds. The van der Waals surface area contributed by atoms with Crippen LogP contribution in [-0.4, -0.2) is 29.2 Å². The Labute approximate surface area is 206 Å². The van der Waals surface area contributed by atoms with Gasteiger partial charge in [-0.25, -0.2) is 0 Å². The van der Waals surface area contributed by atoms with Crippen LogP contribution >= 0.6 is 0 Å². The van der Waals surface area contributed by atoms with Crippen molar-refractivity contribution in [3.8, 4) is 17.1 Å². The van der Waals surface area contributed by atoms with Gasteiger partial charge in [0.15, 0.2) is 5.76 Å². The summed E-state index contributed by atoms with van der Waals surface area (Å²) in [6, 6.07) is 19.1. The number of hydrogen-bond donors (Lipinski definition) is 0. The Balaban J connectivity index is 1.38. The van der Waals surface area contributed by atoms with Crippen molar-refractivity contribution in [2.75, 3.05) is 6.54 Å². The zero-order valence-corrected chi connectivity index (χ0v) is 19.9. The highest BCUT2D eigenvalue weighted by Crippen LogP contribution is 2.32. The second-order valence-electron chi connectivity index (χ2n) is 8.77. The number of esters is 1. The molecular formula is C29H23NO6. The fourth-order valence-corrected chi connectivity index (χ4v) is 4.29. The summed E-state index contributed by atoms with van der Waals surface area (Å²) in [5.74, 6) is -1.42. The van der Waals surface area contributed by atoms with Crippen LogP contribution in [0, 0.1) is 13.8 Å². The lowest BCUT2D eigenvalue weighted by molar-refractivity contribution is -0.134. The minimum absolute atomic E-state index is 0.0673. The van der Waals surface area contributed by atoms with E-state index in [0.29, 0.717) is 27.7 Å². The molecule has 3 aromatic carbocycles. The summed E-state index contributed by atoms with van der Waals surface area (Å²) in [7, 11) is 0. The lowest BCUT2D eigenvalue weighted by Crippen LogP contribution is -2.31. The zero-order chi connectivity index (χ0) is 25.4. The number of aryl methyl sites for hydroxylation is 2. The minimum Gasteiger partial charge on any atom is -0.452 e. The summed E-state index contributed by atoms with van der Waals surface area (Å²) in [6.45, 7) is 3.89. The molecule has 4 aromatic rings. The van der Waals surface area contributed by atoms with Gasteiger partial charge in [0, 0.05) is 18.5 Å². The van der Waals surface area contributed by atoms with Crippen molar-refractivity contribution >= 4 is 28.8 Å². The second-order valence-corrected chi connectivity index (χ2v) is 8.77. The molecule has 0 aliphatic carbocycles. The highest BCUT2D eigenvalue weighted by molar-refractivity contribution is 6.21. The van der Waals surface area contributed by atoms with Crippen molar-refractivity contribution in [3.05, 3.63) is 99.2 Å². The van der Waals surface area contributed by atoms with Crippen LogP contribution in [0.25, 0.3) is 22.3 Å². The summed E-state index contributed by atoms with van der Waals surface area (Å²) in [5.41, 5.74) is 3.18. The molecule has 1 aliphatic rings. The first kappa shape index (κ1) is 23.2. The van der Waals surface area contributed by atoms with Crippen LogP contribution in [0.4, 0.5) is 0 Å². The van der Waals surface area contributed by atoms with E-state index in [1.54, 1.807) is 60.7 Å². The molecular weight excluding hydrogens is 458 g/mol. The van der Waals surface area contributed by atoms with Gasteiger partial charge in [0.25, 0.3) is 11.8 Å². The Morgan fingerprint density at radius 2 is 1.47 bits per heavy atom. The van der Waals surface area contributed by atoms with E-state index in [0.717, 1.165) is 16.0 Å². The van der Waals surface area contributed by atoms with E-state index in [9.17, 15) is 19.2 Å². The van der Waals surface area contributed by atoms with Gasteiger partial charge in [0.1, 0.15) is 5.58 Å². The number of hydrogen-bond acceptors (Lipinski definition) is 6. The van der Waals surface area contributed by atoms with Crippen molar-refractivity contribution in [2.24, 2.45) is 0 Å². The van der Waals surface area contributed by atoms with Crippen molar-refractivity contribution in [2.45, 2.75) is 26.7 Å². The van der Waals surface area contributed by atoms with Gasteiger partial charge < -0.3 is 9.15 Å². The van der Waals surface area contributed by atoms with Gasteiger partial charge in [-0.15, -0.1) is 0 Å². The molecule has 5 rings (SSSR count). The Bertz CT molecular complexity index is 1550. The fourth-order valence-electron chi connectivity index (χ4n) is 4.29. The molecule has 0 bridgehead atoms. The summed E-state index contributed by atoms with van der Waals surface area (Å²) in [4.78, 5) is 52.3. The number of benzene rings is 3. The van der Waals surface area contributed by atoms with E-state index in [-0.39, 0.29) is 42.7 Å². The molecule has 0 saturated carbocycles. The largest absolute Gasteiger partial charge is 0.452 e. The summed E-state index contributed by atoms with van der Waals surface area (Å²) < 4.78 is 11.6. The monoisotopic (exact) mass is 481 g/mol. The van der Waals surface area contributed by atoms with Crippen LogP contribution in [0.3, 0.4) is 0 Å². The lowest BCUT2D eigenvalue weighted by atomic mass is 10.0. The van der Waals surface area contributed by atoms with E-state index < -0.39 is 11.4 Å². The Kier molecular flexibility index (Phi) is 5.98. The predicted octanol–water partition coefficient (Wildman–Crippen LogP) is 5.06. The molecule has 0 fully saturated rings. The van der Waals surface area contributed by atoms with E-state index >= 15 is 0 Å². The van der Waals surface area contributed by atoms with Gasteiger partial charge >= 0.3 is 5.97 Å². The molecule has 0 saturated heterocycles. The van der Waals surface area contributed by atoms with Gasteiger partial charge in [-0.05, 0) is 55.7 Å². The quantitative estimate of drug-likeness (QED) is 0.282. The van der Waals surface area contributed by atoms with Crippen molar-refractivity contribution in [1.29, 1.82) is 0 Å². The van der Waals surface area contributed by atoms with E-state index in [1.807, 2.05) is 19.9 Å². The van der Waals surface area contributed by atoms with E-state index in [2.05, 4.69) is 0 Å². The first-order valence-electron chi connectivity index (χ1n) is 11.6. The van der Waals surface area contributed by atoms with Gasteiger partial charge in [0.2, 0.25) is 11.2 Å². The van der Waals surface area contributed by atoms with Gasteiger partial charge in [-0.2, -0.15) is 0 Å². The molecule has 180 valence electrons. The number of fused-ring (bicyclic) bond motifs is 2. The number of carbonyl (C=O) groups excluding carboxylic acids is 3. The molecule has 0 N–H and O–H groups in total. The molecule has 0 spiro atoms. The topological polar surface area (TPSA) is 93.9 Å². The van der Waals surface area contributed by atoms with Crippen LogP contribution in [0.1, 0.15) is 44.7 Å². The van der Waals surface area contributed by atoms with Crippen molar-refractivity contribution in [1.82, 2.24) is 4.90 Å². The molecule has 7 nitrogen and oxygen atoms in total. The molecule has 7 heteroatoms. The van der Waals surface area contributed by atoms with Gasteiger partial charge in [-0.1, -0.05) is 42.5 Å². The van der Waals surface area contributed by atoms with Crippen LogP contribution in [0.2, 0.25) is 0 Å². The molecule has 1 aliphatic heterocycles. The lowest BCUT2D eigenvalue weighted by Gasteiger charge is -2.14. The Hall–Kier alpha value is -4.52. The maximum absolute atomic E-state index is 13.4.